The number of hydrogen-bond donors (Lipinski definition) is 0. The van der Waals surface area contributed by atoms with Gasteiger partial charge in [0.25, 0.3) is 0 Å². The van der Waals surface area contributed by atoms with Gasteiger partial charge in [-0.15, -0.1) is 6.42 Å². The average molecular weight is 436 g/mol. The average Bonchev–Trinajstić information content (AvgIpc) is 2.75. The van der Waals surface area contributed by atoms with Crippen molar-refractivity contribution in [3.8, 4) is 23.8 Å². The lowest BCUT2D eigenvalue weighted by atomic mass is 9.58. The minimum Gasteiger partial charge on any atom is -0.494 e. The monoisotopic (exact) mass is 436 g/mol. The highest BCUT2D eigenvalue weighted by atomic mass is 19.3. The number of halogens is 4. The summed E-state index contributed by atoms with van der Waals surface area (Å²) in [4.78, 5) is 12.8. The SMILES string of the molecule is C#CCOc1ccccc1COC(=O)C1(c2ccc(OCC)cc2)CC(F)(F)C1(F)F. The molecule has 8 heteroatoms. The van der Waals surface area contributed by atoms with Crippen LogP contribution in [-0.4, -0.2) is 31.0 Å². The van der Waals surface area contributed by atoms with Crippen LogP contribution >= 0.6 is 0 Å². The van der Waals surface area contributed by atoms with E-state index in [0.29, 0.717) is 23.7 Å². The van der Waals surface area contributed by atoms with Gasteiger partial charge in [0, 0.05) is 12.0 Å². The summed E-state index contributed by atoms with van der Waals surface area (Å²) in [5.41, 5.74) is -2.72. The zero-order valence-electron chi connectivity index (χ0n) is 16.7. The minimum absolute atomic E-state index is 0.0502. The van der Waals surface area contributed by atoms with Crippen LogP contribution in [0, 0.1) is 12.3 Å². The standard InChI is InChI=1S/C23H20F4O4/c1-3-13-30-19-8-6-5-7-16(19)14-31-20(28)21(15-22(24,25)23(21,26)27)17-9-11-18(12-10-17)29-4-2/h1,5-12H,4,13-15H2,2H3. The quantitative estimate of drug-likeness (QED) is 0.340. The van der Waals surface area contributed by atoms with Crippen molar-refractivity contribution < 1.29 is 36.6 Å². The van der Waals surface area contributed by atoms with E-state index in [2.05, 4.69) is 5.92 Å². The molecule has 2 aromatic rings. The third-order valence-electron chi connectivity index (χ3n) is 5.13. The van der Waals surface area contributed by atoms with Crippen LogP contribution in [0.5, 0.6) is 11.5 Å². The number of alkyl halides is 4. The Bertz CT molecular complexity index is 982. The predicted molar refractivity (Wildman–Crippen MR) is 104 cm³/mol. The molecule has 1 aliphatic rings. The van der Waals surface area contributed by atoms with Crippen LogP contribution in [0.1, 0.15) is 24.5 Å². The smallest absolute Gasteiger partial charge is 0.330 e. The zero-order chi connectivity index (χ0) is 22.7. The first-order valence-electron chi connectivity index (χ1n) is 9.50. The molecule has 0 saturated heterocycles. The van der Waals surface area contributed by atoms with Crippen LogP contribution in [0.2, 0.25) is 0 Å². The highest BCUT2D eigenvalue weighted by molar-refractivity contribution is 5.87. The molecule has 1 unspecified atom stereocenters. The Morgan fingerprint density at radius 3 is 2.32 bits per heavy atom. The lowest BCUT2D eigenvalue weighted by Gasteiger charge is -2.51. The van der Waals surface area contributed by atoms with Crippen molar-refractivity contribution in [3.05, 3.63) is 59.7 Å². The molecule has 0 heterocycles. The van der Waals surface area contributed by atoms with E-state index in [0.717, 1.165) is 0 Å². The molecule has 0 spiro atoms. The predicted octanol–water partition coefficient (Wildman–Crippen LogP) is 4.75. The normalized spacial score (nSPS) is 20.8. The van der Waals surface area contributed by atoms with Gasteiger partial charge in [0.2, 0.25) is 0 Å². The van der Waals surface area contributed by atoms with Crippen LogP contribution in [0.15, 0.2) is 48.5 Å². The third kappa shape index (κ3) is 3.80. The van der Waals surface area contributed by atoms with Crippen molar-refractivity contribution in [1.29, 1.82) is 0 Å². The van der Waals surface area contributed by atoms with Crippen LogP contribution < -0.4 is 9.47 Å². The molecule has 0 radical (unpaired) electrons. The Balaban J connectivity index is 1.88. The second-order valence-corrected chi connectivity index (χ2v) is 6.99. The summed E-state index contributed by atoms with van der Waals surface area (Å²) in [7, 11) is 0. The van der Waals surface area contributed by atoms with Crippen LogP contribution in [0.25, 0.3) is 0 Å². The molecule has 1 saturated carbocycles. The first-order chi connectivity index (χ1) is 14.7. The molecule has 4 nitrogen and oxygen atoms in total. The van der Waals surface area contributed by atoms with Crippen LogP contribution in [0.4, 0.5) is 17.6 Å². The first kappa shape index (κ1) is 22.5. The zero-order valence-corrected chi connectivity index (χ0v) is 16.7. The summed E-state index contributed by atoms with van der Waals surface area (Å²) >= 11 is 0. The van der Waals surface area contributed by atoms with Gasteiger partial charge in [0.05, 0.1) is 6.61 Å². The Labute approximate surface area is 177 Å². The molecule has 1 aliphatic carbocycles. The van der Waals surface area contributed by atoms with Gasteiger partial charge in [-0.25, -0.2) is 0 Å². The number of terminal acetylenes is 1. The molecule has 0 aliphatic heterocycles. The van der Waals surface area contributed by atoms with Crippen LogP contribution in [0.3, 0.4) is 0 Å². The van der Waals surface area contributed by atoms with Crippen molar-refractivity contribution >= 4 is 5.97 Å². The van der Waals surface area contributed by atoms with Gasteiger partial charge in [-0.2, -0.15) is 17.6 Å². The Morgan fingerprint density at radius 1 is 1.06 bits per heavy atom. The van der Waals surface area contributed by atoms with E-state index in [9.17, 15) is 22.4 Å². The van der Waals surface area contributed by atoms with E-state index >= 15 is 0 Å². The second-order valence-electron chi connectivity index (χ2n) is 6.99. The van der Waals surface area contributed by atoms with Gasteiger partial charge >= 0.3 is 17.8 Å². The number of para-hydroxylation sites is 1. The fraction of sp³-hybridized carbons (Fsp3) is 0.348. The molecular weight excluding hydrogens is 416 g/mol. The van der Waals surface area contributed by atoms with Gasteiger partial charge in [0.1, 0.15) is 24.7 Å². The molecule has 164 valence electrons. The van der Waals surface area contributed by atoms with Gasteiger partial charge in [-0.3, -0.25) is 4.79 Å². The molecule has 0 aromatic heterocycles. The lowest BCUT2D eigenvalue weighted by Crippen LogP contribution is -2.72. The number of esters is 1. The summed E-state index contributed by atoms with van der Waals surface area (Å²) in [6.45, 7) is 1.58. The van der Waals surface area contributed by atoms with Crippen molar-refractivity contribution in [1.82, 2.24) is 0 Å². The molecule has 0 amide bonds. The summed E-state index contributed by atoms with van der Waals surface area (Å²) in [6.07, 6.45) is 3.79. The number of benzene rings is 2. The Hall–Kier alpha value is -3.21. The van der Waals surface area contributed by atoms with E-state index in [1.807, 2.05) is 0 Å². The largest absolute Gasteiger partial charge is 0.494 e. The van der Waals surface area contributed by atoms with E-state index in [1.54, 1.807) is 31.2 Å². The second kappa shape index (κ2) is 8.50. The van der Waals surface area contributed by atoms with E-state index in [4.69, 9.17) is 20.6 Å². The minimum atomic E-state index is -4.62. The molecule has 1 atom stereocenters. The number of carbonyl (C=O) groups excluding carboxylic acids is 1. The number of ether oxygens (including phenoxy) is 3. The fourth-order valence-corrected chi connectivity index (χ4v) is 3.51. The molecule has 0 N–H and O–H groups in total. The molecule has 31 heavy (non-hydrogen) atoms. The molecule has 0 bridgehead atoms. The maximum atomic E-state index is 14.7. The molecule has 3 rings (SSSR count). The number of hydrogen-bond acceptors (Lipinski definition) is 4. The van der Waals surface area contributed by atoms with E-state index in [-0.39, 0.29) is 12.2 Å². The van der Waals surface area contributed by atoms with Crippen LogP contribution in [-0.2, 0) is 21.6 Å². The third-order valence-corrected chi connectivity index (χ3v) is 5.13. The maximum absolute atomic E-state index is 14.7. The summed E-state index contributed by atoms with van der Waals surface area (Å²) in [5.74, 6) is -7.45. The summed E-state index contributed by atoms with van der Waals surface area (Å²) in [5, 5.41) is 0. The summed E-state index contributed by atoms with van der Waals surface area (Å²) in [6, 6.07) is 11.5. The highest BCUT2D eigenvalue weighted by Gasteiger charge is 2.84. The van der Waals surface area contributed by atoms with Gasteiger partial charge in [-0.1, -0.05) is 36.3 Å². The maximum Gasteiger partial charge on any atom is 0.330 e. The lowest BCUT2D eigenvalue weighted by molar-refractivity contribution is -0.323. The Morgan fingerprint density at radius 2 is 1.74 bits per heavy atom. The van der Waals surface area contributed by atoms with Crippen molar-refractivity contribution in [2.24, 2.45) is 0 Å². The number of carbonyl (C=O) groups is 1. The first-order valence-corrected chi connectivity index (χ1v) is 9.50. The highest BCUT2D eigenvalue weighted by Crippen LogP contribution is 2.64. The van der Waals surface area contributed by atoms with Crippen molar-refractivity contribution in [3.63, 3.8) is 0 Å². The molecule has 2 aromatic carbocycles. The number of rotatable bonds is 8. The summed E-state index contributed by atoms with van der Waals surface area (Å²) < 4.78 is 72.6. The van der Waals surface area contributed by atoms with Crippen molar-refractivity contribution in [2.75, 3.05) is 13.2 Å². The van der Waals surface area contributed by atoms with Gasteiger partial charge in [-0.05, 0) is 30.7 Å². The molecular formula is C23H20F4O4. The van der Waals surface area contributed by atoms with Crippen molar-refractivity contribution in [2.45, 2.75) is 37.2 Å². The fourth-order valence-electron chi connectivity index (χ4n) is 3.51. The molecule has 1 fully saturated rings. The van der Waals surface area contributed by atoms with Gasteiger partial charge in [0.15, 0.2) is 5.41 Å². The van der Waals surface area contributed by atoms with E-state index < -0.39 is 36.3 Å². The Kier molecular flexibility index (Phi) is 6.16. The van der Waals surface area contributed by atoms with Gasteiger partial charge < -0.3 is 14.2 Å². The topological polar surface area (TPSA) is 44.8 Å². The van der Waals surface area contributed by atoms with E-state index in [1.165, 1.54) is 24.3 Å².